The predicted octanol–water partition coefficient (Wildman–Crippen LogP) is 1.38. The summed E-state index contributed by atoms with van der Waals surface area (Å²) >= 11 is 1.03. The first-order valence-electron chi connectivity index (χ1n) is 5.52. The highest BCUT2D eigenvalue weighted by Gasteiger charge is 2.30. The summed E-state index contributed by atoms with van der Waals surface area (Å²) in [7, 11) is 0. The molecule has 1 aromatic carbocycles. The van der Waals surface area contributed by atoms with E-state index in [9.17, 15) is 14.4 Å². The minimum absolute atomic E-state index is 0.0222. The first-order chi connectivity index (χ1) is 8.63. The number of amides is 3. The van der Waals surface area contributed by atoms with Crippen LogP contribution in [0.4, 0.5) is 10.5 Å². The van der Waals surface area contributed by atoms with Gasteiger partial charge in [-0.25, -0.2) is 0 Å². The molecule has 3 amide bonds. The Balaban J connectivity index is 1.82. The maximum absolute atomic E-state index is 11.5. The molecule has 0 bridgehead atoms. The van der Waals surface area contributed by atoms with E-state index in [4.69, 9.17) is 0 Å². The molecule has 3 rings (SSSR count). The molecule has 0 unspecified atom stereocenters. The summed E-state index contributed by atoms with van der Waals surface area (Å²) in [4.78, 5) is 35.4. The van der Waals surface area contributed by atoms with Gasteiger partial charge in [0.25, 0.3) is 5.24 Å². The van der Waals surface area contributed by atoms with Gasteiger partial charge in [0.15, 0.2) is 0 Å². The van der Waals surface area contributed by atoms with Gasteiger partial charge in [0, 0.05) is 5.69 Å². The topological polar surface area (TPSA) is 66.5 Å². The van der Waals surface area contributed by atoms with Crippen molar-refractivity contribution in [1.82, 2.24) is 4.90 Å². The van der Waals surface area contributed by atoms with E-state index in [0.29, 0.717) is 6.42 Å². The molecule has 2 aliphatic rings. The second-order valence-corrected chi connectivity index (χ2v) is 5.18. The molecule has 0 atom stereocenters. The number of imide groups is 1. The molecule has 5 nitrogen and oxygen atoms in total. The van der Waals surface area contributed by atoms with Crippen molar-refractivity contribution in [3.8, 4) is 0 Å². The average molecular weight is 262 g/mol. The first kappa shape index (κ1) is 11.3. The van der Waals surface area contributed by atoms with Crippen LogP contribution >= 0.6 is 11.8 Å². The summed E-state index contributed by atoms with van der Waals surface area (Å²) in [6, 6.07) is 5.51. The lowest BCUT2D eigenvalue weighted by molar-refractivity contribution is -0.125. The average Bonchev–Trinajstić information content (AvgIpc) is 2.84. The summed E-state index contributed by atoms with van der Waals surface area (Å²) in [5, 5.41) is 2.55. The van der Waals surface area contributed by atoms with E-state index in [1.807, 2.05) is 18.2 Å². The summed E-state index contributed by atoms with van der Waals surface area (Å²) in [6.07, 6.45) is 0.361. The van der Waals surface area contributed by atoms with Gasteiger partial charge < -0.3 is 5.32 Å². The molecule has 6 heteroatoms. The van der Waals surface area contributed by atoms with Crippen molar-refractivity contribution in [2.45, 2.75) is 13.0 Å². The Kier molecular flexibility index (Phi) is 2.59. The molecule has 1 saturated heterocycles. The van der Waals surface area contributed by atoms with Crippen LogP contribution in [0.3, 0.4) is 0 Å². The Hall–Kier alpha value is -1.82. The molecule has 0 aromatic heterocycles. The van der Waals surface area contributed by atoms with Crippen molar-refractivity contribution in [2.24, 2.45) is 0 Å². The Morgan fingerprint density at radius 1 is 1.28 bits per heavy atom. The molecule has 0 aliphatic carbocycles. The Bertz CT molecular complexity index is 554. The standard InChI is InChI=1S/C12H10N2O3S/c15-10-4-8-3-7(1-2-9(8)13-10)5-14-11(16)6-18-12(14)17/h1-3H,4-6H2,(H,13,15). The molecule has 1 N–H and O–H groups in total. The van der Waals surface area contributed by atoms with Crippen LogP contribution in [0.1, 0.15) is 11.1 Å². The molecule has 92 valence electrons. The zero-order valence-electron chi connectivity index (χ0n) is 9.43. The van der Waals surface area contributed by atoms with Crippen molar-refractivity contribution in [3.05, 3.63) is 29.3 Å². The number of benzene rings is 1. The largest absolute Gasteiger partial charge is 0.326 e. The van der Waals surface area contributed by atoms with Gasteiger partial charge in [-0.2, -0.15) is 0 Å². The van der Waals surface area contributed by atoms with E-state index in [1.165, 1.54) is 4.90 Å². The minimum Gasteiger partial charge on any atom is -0.326 e. The second kappa shape index (κ2) is 4.13. The molecule has 0 radical (unpaired) electrons. The fraction of sp³-hybridized carbons (Fsp3) is 0.250. The Morgan fingerprint density at radius 2 is 2.11 bits per heavy atom. The third-order valence-corrected chi connectivity index (χ3v) is 3.83. The van der Waals surface area contributed by atoms with Gasteiger partial charge in [-0.15, -0.1) is 0 Å². The molecular weight excluding hydrogens is 252 g/mol. The van der Waals surface area contributed by atoms with Gasteiger partial charge in [-0.1, -0.05) is 23.9 Å². The third-order valence-electron chi connectivity index (χ3n) is 2.98. The Morgan fingerprint density at radius 3 is 2.83 bits per heavy atom. The fourth-order valence-electron chi connectivity index (χ4n) is 2.10. The molecule has 0 spiro atoms. The van der Waals surface area contributed by atoms with Crippen LogP contribution in [0.5, 0.6) is 0 Å². The number of thioether (sulfide) groups is 1. The maximum Gasteiger partial charge on any atom is 0.289 e. The number of hydrogen-bond acceptors (Lipinski definition) is 4. The number of carbonyl (C=O) groups is 3. The van der Waals surface area contributed by atoms with Crippen LogP contribution < -0.4 is 5.32 Å². The van der Waals surface area contributed by atoms with Gasteiger partial charge in [0.2, 0.25) is 11.8 Å². The van der Waals surface area contributed by atoms with E-state index in [0.717, 1.165) is 28.6 Å². The van der Waals surface area contributed by atoms with Gasteiger partial charge in [0.05, 0.1) is 18.7 Å². The lowest BCUT2D eigenvalue weighted by Gasteiger charge is -2.13. The smallest absolute Gasteiger partial charge is 0.289 e. The normalized spacial score (nSPS) is 18.2. The number of hydrogen-bond donors (Lipinski definition) is 1. The van der Waals surface area contributed by atoms with E-state index >= 15 is 0 Å². The highest BCUT2D eigenvalue weighted by molar-refractivity contribution is 8.14. The van der Waals surface area contributed by atoms with Crippen LogP contribution in [-0.2, 0) is 22.6 Å². The second-order valence-electron chi connectivity index (χ2n) is 4.25. The Labute approximate surface area is 108 Å². The molecule has 1 aromatic rings. The number of anilines is 1. The monoisotopic (exact) mass is 262 g/mol. The lowest BCUT2D eigenvalue weighted by Crippen LogP contribution is -2.27. The van der Waals surface area contributed by atoms with E-state index < -0.39 is 0 Å². The van der Waals surface area contributed by atoms with Crippen molar-refractivity contribution in [2.75, 3.05) is 11.1 Å². The van der Waals surface area contributed by atoms with Gasteiger partial charge in [-0.05, 0) is 17.2 Å². The van der Waals surface area contributed by atoms with Crippen LogP contribution in [0.2, 0.25) is 0 Å². The number of nitrogens with zero attached hydrogens (tertiary/aromatic N) is 1. The molecular formula is C12H10N2O3S. The zero-order valence-corrected chi connectivity index (χ0v) is 10.3. The zero-order chi connectivity index (χ0) is 12.7. The quantitative estimate of drug-likeness (QED) is 0.874. The molecule has 2 aliphatic heterocycles. The van der Waals surface area contributed by atoms with Crippen LogP contribution in [0.25, 0.3) is 0 Å². The van der Waals surface area contributed by atoms with Crippen molar-refractivity contribution in [1.29, 1.82) is 0 Å². The van der Waals surface area contributed by atoms with E-state index in [2.05, 4.69) is 5.32 Å². The number of rotatable bonds is 2. The van der Waals surface area contributed by atoms with Gasteiger partial charge >= 0.3 is 0 Å². The van der Waals surface area contributed by atoms with Crippen LogP contribution in [0, 0.1) is 0 Å². The van der Waals surface area contributed by atoms with E-state index in [1.54, 1.807) is 0 Å². The summed E-state index contributed by atoms with van der Waals surface area (Å²) < 4.78 is 0. The minimum atomic E-state index is -0.199. The summed E-state index contributed by atoms with van der Waals surface area (Å²) in [6.45, 7) is 0.284. The van der Waals surface area contributed by atoms with Crippen molar-refractivity contribution < 1.29 is 14.4 Å². The van der Waals surface area contributed by atoms with Crippen LogP contribution in [-0.4, -0.2) is 27.7 Å². The predicted molar refractivity (Wildman–Crippen MR) is 67.2 cm³/mol. The highest BCUT2D eigenvalue weighted by Crippen LogP contribution is 2.26. The van der Waals surface area contributed by atoms with Crippen LogP contribution in [0.15, 0.2) is 18.2 Å². The summed E-state index contributed by atoms with van der Waals surface area (Å²) in [5.41, 5.74) is 2.61. The maximum atomic E-state index is 11.5. The highest BCUT2D eigenvalue weighted by atomic mass is 32.2. The fourth-order valence-corrected chi connectivity index (χ4v) is 2.82. The van der Waals surface area contributed by atoms with Gasteiger partial charge in [-0.3, -0.25) is 19.3 Å². The van der Waals surface area contributed by atoms with Crippen molar-refractivity contribution >= 4 is 34.5 Å². The van der Waals surface area contributed by atoms with Crippen molar-refractivity contribution in [3.63, 3.8) is 0 Å². The number of nitrogens with one attached hydrogen (secondary N) is 1. The molecule has 1 fully saturated rings. The number of fused-ring (bicyclic) bond motifs is 1. The molecule has 0 saturated carbocycles. The van der Waals surface area contributed by atoms with E-state index in [-0.39, 0.29) is 29.4 Å². The molecule has 2 heterocycles. The summed E-state index contributed by atoms with van der Waals surface area (Å²) in [5.74, 6) is 0.0508. The number of carbonyl (C=O) groups excluding carboxylic acids is 3. The third kappa shape index (κ3) is 1.88. The lowest BCUT2D eigenvalue weighted by atomic mass is 10.1. The van der Waals surface area contributed by atoms with Gasteiger partial charge in [0.1, 0.15) is 0 Å². The SMILES string of the molecule is O=C1Cc2cc(CN3C(=O)CSC3=O)ccc2N1. The molecule has 18 heavy (non-hydrogen) atoms. The first-order valence-corrected chi connectivity index (χ1v) is 6.51.